The molecule has 0 spiro atoms. The van der Waals surface area contributed by atoms with Gasteiger partial charge in [0.2, 0.25) is 15.9 Å². The normalized spacial score (nSPS) is 14.4. The Kier molecular flexibility index (Phi) is 10.3. The van der Waals surface area contributed by atoms with E-state index in [4.69, 9.17) is 4.74 Å². The second-order valence-corrected chi connectivity index (χ2v) is 11.5. The average molecular weight is 565 g/mol. The first kappa shape index (κ1) is 29.3. The minimum absolute atomic E-state index is 0.0980. The van der Waals surface area contributed by atoms with Crippen molar-refractivity contribution in [3.05, 3.63) is 90.0 Å². The summed E-state index contributed by atoms with van der Waals surface area (Å²) in [6.45, 7) is 5.26. The number of unbranched alkanes of at least 4 members (excludes halogenated alkanes) is 1. The monoisotopic (exact) mass is 564 g/mol. The molecule has 9 nitrogen and oxygen atoms in total. The summed E-state index contributed by atoms with van der Waals surface area (Å²) in [7, 11) is -3.93. The van der Waals surface area contributed by atoms with Crippen LogP contribution in [0.5, 0.6) is 0 Å². The number of nitrogens with zero attached hydrogens (tertiary/aromatic N) is 1. The molecule has 1 unspecified atom stereocenters. The van der Waals surface area contributed by atoms with Crippen molar-refractivity contribution in [2.45, 2.75) is 37.1 Å². The van der Waals surface area contributed by atoms with Gasteiger partial charge in [0.05, 0.1) is 18.1 Å². The molecule has 10 heteroatoms. The van der Waals surface area contributed by atoms with Crippen molar-refractivity contribution in [3.63, 3.8) is 0 Å². The predicted octanol–water partition coefficient (Wildman–Crippen LogP) is 3.72. The molecule has 1 aliphatic heterocycles. The second-order valence-electron chi connectivity index (χ2n) is 9.74. The van der Waals surface area contributed by atoms with E-state index in [-0.39, 0.29) is 17.2 Å². The fraction of sp³-hybridized carbons (Fsp3) is 0.333. The lowest BCUT2D eigenvalue weighted by Gasteiger charge is -2.29. The molecule has 1 saturated heterocycles. The number of rotatable bonds is 12. The molecule has 2 amide bonds. The van der Waals surface area contributed by atoms with Gasteiger partial charge >= 0.3 is 0 Å². The third-order valence-corrected chi connectivity index (χ3v) is 8.18. The third-order valence-electron chi connectivity index (χ3n) is 6.70. The van der Waals surface area contributed by atoms with Crippen LogP contribution in [0.3, 0.4) is 0 Å². The van der Waals surface area contributed by atoms with Crippen LogP contribution in [0.2, 0.25) is 0 Å². The predicted molar refractivity (Wildman–Crippen MR) is 156 cm³/mol. The van der Waals surface area contributed by atoms with Gasteiger partial charge in [-0.1, -0.05) is 35.9 Å². The Hall–Kier alpha value is -3.73. The molecule has 1 fully saturated rings. The van der Waals surface area contributed by atoms with Crippen molar-refractivity contribution in [3.8, 4) is 0 Å². The molecule has 0 saturated carbocycles. The lowest BCUT2D eigenvalue weighted by atomic mass is 10.1. The van der Waals surface area contributed by atoms with Crippen LogP contribution in [0.15, 0.2) is 83.8 Å². The maximum absolute atomic E-state index is 13.3. The van der Waals surface area contributed by atoms with Crippen molar-refractivity contribution < 1.29 is 22.7 Å². The lowest BCUT2D eigenvalue weighted by Crippen LogP contribution is -2.43. The van der Waals surface area contributed by atoms with Crippen LogP contribution in [0.1, 0.15) is 35.2 Å². The number of amides is 2. The molecule has 0 radical (unpaired) electrons. The first-order chi connectivity index (χ1) is 19.3. The highest BCUT2D eigenvalue weighted by Crippen LogP contribution is 2.20. The molecule has 40 heavy (non-hydrogen) atoms. The van der Waals surface area contributed by atoms with Gasteiger partial charge in [0.25, 0.3) is 5.91 Å². The third kappa shape index (κ3) is 8.38. The highest BCUT2D eigenvalue weighted by atomic mass is 32.2. The fourth-order valence-corrected chi connectivity index (χ4v) is 5.62. The number of nitrogens with one attached hydrogen (secondary N) is 3. The Labute approximate surface area is 236 Å². The Morgan fingerprint density at radius 3 is 2.25 bits per heavy atom. The van der Waals surface area contributed by atoms with Crippen molar-refractivity contribution in [1.82, 2.24) is 10.0 Å². The minimum Gasteiger partial charge on any atom is -0.378 e. The molecular weight excluding hydrogens is 528 g/mol. The number of anilines is 2. The molecule has 1 aliphatic rings. The zero-order chi connectivity index (χ0) is 28.4. The standard InChI is InChI=1S/C30H36N4O5S/c1-23-10-16-27(17-11-23)40(37,38)33-28(9-5-6-18-31-29(35)24-7-3-2-4-8-24)30(36)32-25-12-14-26(15-13-25)34-19-21-39-22-20-34/h2-4,7-8,10-17,28,33H,5-6,9,18-22H2,1H3,(H,31,35)(H,32,36). The highest BCUT2D eigenvalue weighted by molar-refractivity contribution is 7.89. The van der Waals surface area contributed by atoms with Gasteiger partial charge in [0.15, 0.2) is 0 Å². The van der Waals surface area contributed by atoms with Crippen LogP contribution in [-0.2, 0) is 19.6 Å². The first-order valence-electron chi connectivity index (χ1n) is 13.5. The number of carbonyl (C=O) groups is 2. The number of hydrogen-bond acceptors (Lipinski definition) is 6. The number of sulfonamides is 1. The van der Waals surface area contributed by atoms with Crippen molar-refractivity contribution in [2.24, 2.45) is 0 Å². The molecule has 1 atom stereocenters. The molecule has 3 aromatic rings. The van der Waals surface area contributed by atoms with E-state index >= 15 is 0 Å². The Morgan fingerprint density at radius 1 is 0.900 bits per heavy atom. The van der Waals surface area contributed by atoms with Crippen molar-refractivity contribution >= 4 is 33.2 Å². The Balaban J connectivity index is 1.38. The quantitative estimate of drug-likeness (QED) is 0.289. The molecule has 212 valence electrons. The number of benzene rings is 3. The van der Waals surface area contributed by atoms with Gasteiger partial charge in [-0.3, -0.25) is 9.59 Å². The van der Waals surface area contributed by atoms with E-state index in [0.717, 1.165) is 24.3 Å². The summed E-state index contributed by atoms with van der Waals surface area (Å²) in [6, 6.07) is 21.9. The smallest absolute Gasteiger partial charge is 0.251 e. The maximum atomic E-state index is 13.3. The number of morpholine rings is 1. The number of carbonyl (C=O) groups excluding carboxylic acids is 2. The van der Waals surface area contributed by atoms with E-state index in [1.165, 1.54) is 12.1 Å². The molecule has 3 aromatic carbocycles. The fourth-order valence-electron chi connectivity index (χ4n) is 4.39. The van der Waals surface area contributed by atoms with Gasteiger partial charge in [-0.05, 0) is 74.7 Å². The van der Waals surface area contributed by atoms with Crippen LogP contribution in [0.4, 0.5) is 11.4 Å². The van der Waals surface area contributed by atoms with E-state index in [9.17, 15) is 18.0 Å². The summed E-state index contributed by atoms with van der Waals surface area (Å²) in [5.74, 6) is -0.612. The molecular formula is C30H36N4O5S. The van der Waals surface area contributed by atoms with Gasteiger partial charge in [-0.2, -0.15) is 4.72 Å². The average Bonchev–Trinajstić information content (AvgIpc) is 2.97. The zero-order valence-corrected chi connectivity index (χ0v) is 23.5. The van der Waals surface area contributed by atoms with Gasteiger partial charge < -0.3 is 20.3 Å². The molecule has 0 bridgehead atoms. The zero-order valence-electron chi connectivity index (χ0n) is 22.6. The van der Waals surface area contributed by atoms with Crippen molar-refractivity contribution in [2.75, 3.05) is 43.1 Å². The largest absolute Gasteiger partial charge is 0.378 e. The van der Waals surface area contributed by atoms with E-state index in [2.05, 4.69) is 20.3 Å². The van der Waals surface area contributed by atoms with E-state index in [1.807, 2.05) is 37.3 Å². The van der Waals surface area contributed by atoms with E-state index in [1.54, 1.807) is 36.4 Å². The molecule has 4 rings (SSSR count). The van der Waals surface area contributed by atoms with Crippen LogP contribution >= 0.6 is 0 Å². The number of aryl methyl sites for hydroxylation is 1. The van der Waals surface area contributed by atoms with Gasteiger partial charge in [-0.25, -0.2) is 8.42 Å². The Morgan fingerprint density at radius 2 is 1.57 bits per heavy atom. The first-order valence-corrected chi connectivity index (χ1v) is 15.0. The SMILES string of the molecule is Cc1ccc(S(=O)(=O)NC(CCCCNC(=O)c2ccccc2)C(=O)Nc2ccc(N3CCOCC3)cc2)cc1. The summed E-state index contributed by atoms with van der Waals surface area (Å²) < 4.78 is 34.2. The number of ether oxygens (including phenoxy) is 1. The van der Waals surface area contributed by atoms with Crippen LogP contribution in [0.25, 0.3) is 0 Å². The molecule has 1 heterocycles. The summed E-state index contributed by atoms with van der Waals surface area (Å²) in [5.41, 5.74) is 3.13. The lowest BCUT2D eigenvalue weighted by molar-refractivity contribution is -0.117. The minimum atomic E-state index is -3.93. The molecule has 0 aliphatic carbocycles. The van der Waals surface area contributed by atoms with E-state index in [0.29, 0.717) is 43.9 Å². The summed E-state index contributed by atoms with van der Waals surface area (Å²) in [6.07, 6.45) is 1.38. The summed E-state index contributed by atoms with van der Waals surface area (Å²) in [4.78, 5) is 27.9. The highest BCUT2D eigenvalue weighted by Gasteiger charge is 2.26. The Bertz CT molecular complexity index is 1360. The summed E-state index contributed by atoms with van der Waals surface area (Å²) in [5, 5.41) is 5.72. The summed E-state index contributed by atoms with van der Waals surface area (Å²) >= 11 is 0. The van der Waals surface area contributed by atoms with Crippen LogP contribution < -0.4 is 20.3 Å². The van der Waals surface area contributed by atoms with Crippen LogP contribution in [0, 0.1) is 6.92 Å². The van der Waals surface area contributed by atoms with Gasteiger partial charge in [0, 0.05) is 36.6 Å². The topological polar surface area (TPSA) is 117 Å². The molecule has 3 N–H and O–H groups in total. The number of hydrogen-bond donors (Lipinski definition) is 3. The van der Waals surface area contributed by atoms with Gasteiger partial charge in [0.1, 0.15) is 6.04 Å². The second kappa shape index (κ2) is 14.1. The van der Waals surface area contributed by atoms with Crippen molar-refractivity contribution in [1.29, 1.82) is 0 Å². The van der Waals surface area contributed by atoms with Crippen LogP contribution in [-0.4, -0.2) is 59.1 Å². The molecule has 0 aromatic heterocycles. The van der Waals surface area contributed by atoms with Gasteiger partial charge in [-0.15, -0.1) is 0 Å². The maximum Gasteiger partial charge on any atom is 0.251 e. The van der Waals surface area contributed by atoms with E-state index < -0.39 is 22.0 Å².